The smallest absolute Gasteiger partial charge is 0.273 e. The zero-order chi connectivity index (χ0) is 16.7. The van der Waals surface area contributed by atoms with Crippen molar-refractivity contribution >= 4 is 17.8 Å². The van der Waals surface area contributed by atoms with Crippen LogP contribution < -0.4 is 5.43 Å². The molecule has 0 aromatic heterocycles. The lowest BCUT2D eigenvalue weighted by Gasteiger charge is -2.02. The minimum absolute atomic E-state index is 0.0550. The SMILES string of the molecule is CCc1ccc(CC(=O)N/N=C/c2ccccc2[N+](=O)[O-])cc1. The third kappa shape index (κ3) is 4.74. The van der Waals surface area contributed by atoms with Crippen LogP contribution in [0.4, 0.5) is 5.69 Å². The van der Waals surface area contributed by atoms with Crippen molar-refractivity contribution in [1.29, 1.82) is 0 Å². The topological polar surface area (TPSA) is 84.6 Å². The standard InChI is InChI=1S/C17H17N3O3/c1-2-13-7-9-14(10-8-13)11-17(21)19-18-12-15-5-3-4-6-16(15)20(22)23/h3-10,12H,2,11H2,1H3,(H,19,21)/b18-12+. The number of nitro groups is 1. The van der Waals surface area contributed by atoms with Gasteiger partial charge in [0.1, 0.15) is 0 Å². The maximum atomic E-state index is 11.8. The van der Waals surface area contributed by atoms with E-state index in [1.807, 2.05) is 24.3 Å². The molecule has 2 rings (SSSR count). The molecule has 0 saturated carbocycles. The van der Waals surface area contributed by atoms with Crippen molar-refractivity contribution in [2.24, 2.45) is 5.10 Å². The van der Waals surface area contributed by atoms with Crippen molar-refractivity contribution in [2.75, 3.05) is 0 Å². The Labute approximate surface area is 134 Å². The molecule has 0 radical (unpaired) electrons. The molecule has 0 aliphatic heterocycles. The van der Waals surface area contributed by atoms with E-state index in [2.05, 4.69) is 17.5 Å². The number of hydrazone groups is 1. The van der Waals surface area contributed by atoms with E-state index < -0.39 is 4.92 Å². The zero-order valence-electron chi connectivity index (χ0n) is 12.7. The molecule has 23 heavy (non-hydrogen) atoms. The Balaban J connectivity index is 1.94. The highest BCUT2D eigenvalue weighted by Gasteiger charge is 2.10. The molecule has 0 aliphatic rings. The number of para-hydroxylation sites is 1. The Hall–Kier alpha value is -3.02. The second-order valence-electron chi connectivity index (χ2n) is 4.96. The lowest BCUT2D eigenvalue weighted by atomic mass is 10.1. The van der Waals surface area contributed by atoms with Crippen LogP contribution in [0.5, 0.6) is 0 Å². The second-order valence-corrected chi connectivity index (χ2v) is 4.96. The summed E-state index contributed by atoms with van der Waals surface area (Å²) in [6.45, 7) is 2.07. The van der Waals surface area contributed by atoms with Crippen molar-refractivity contribution < 1.29 is 9.72 Å². The molecule has 0 unspecified atom stereocenters. The quantitative estimate of drug-likeness (QED) is 0.506. The van der Waals surface area contributed by atoms with Gasteiger partial charge < -0.3 is 0 Å². The number of carbonyl (C=O) groups is 1. The lowest BCUT2D eigenvalue weighted by molar-refractivity contribution is -0.385. The largest absolute Gasteiger partial charge is 0.278 e. The van der Waals surface area contributed by atoms with Crippen LogP contribution in [0.25, 0.3) is 0 Å². The van der Waals surface area contributed by atoms with Gasteiger partial charge in [0.2, 0.25) is 5.91 Å². The third-order valence-electron chi connectivity index (χ3n) is 3.32. The number of hydrogen-bond acceptors (Lipinski definition) is 4. The van der Waals surface area contributed by atoms with Gasteiger partial charge in [0, 0.05) is 6.07 Å². The van der Waals surface area contributed by atoms with E-state index in [1.54, 1.807) is 18.2 Å². The molecule has 0 heterocycles. The minimum Gasteiger partial charge on any atom is -0.273 e. The van der Waals surface area contributed by atoms with E-state index in [4.69, 9.17) is 0 Å². The molecule has 6 nitrogen and oxygen atoms in total. The molecule has 118 valence electrons. The Morgan fingerprint density at radius 1 is 1.17 bits per heavy atom. The number of nitrogens with zero attached hydrogens (tertiary/aromatic N) is 2. The highest BCUT2D eigenvalue weighted by atomic mass is 16.6. The van der Waals surface area contributed by atoms with Crippen molar-refractivity contribution in [1.82, 2.24) is 5.43 Å². The van der Waals surface area contributed by atoms with Gasteiger partial charge in [-0.05, 0) is 23.6 Å². The first-order valence-corrected chi connectivity index (χ1v) is 7.23. The predicted octanol–water partition coefficient (Wildman–Crippen LogP) is 2.85. The Morgan fingerprint density at radius 2 is 1.83 bits per heavy atom. The average molecular weight is 311 g/mol. The van der Waals surface area contributed by atoms with Gasteiger partial charge in [-0.15, -0.1) is 0 Å². The highest BCUT2D eigenvalue weighted by Crippen LogP contribution is 2.15. The molecular formula is C17H17N3O3. The highest BCUT2D eigenvalue weighted by molar-refractivity contribution is 5.86. The minimum atomic E-state index is -0.488. The van der Waals surface area contributed by atoms with E-state index in [-0.39, 0.29) is 18.0 Å². The summed E-state index contributed by atoms with van der Waals surface area (Å²) in [5.41, 5.74) is 4.77. The van der Waals surface area contributed by atoms with Gasteiger partial charge in [0.25, 0.3) is 5.69 Å². The molecule has 0 saturated heterocycles. The number of hydrogen-bond donors (Lipinski definition) is 1. The van der Waals surface area contributed by atoms with Crippen LogP contribution in [0.1, 0.15) is 23.6 Å². The summed E-state index contributed by atoms with van der Waals surface area (Å²) in [6, 6.07) is 14.0. The Morgan fingerprint density at radius 3 is 2.48 bits per heavy atom. The van der Waals surface area contributed by atoms with Crippen LogP contribution >= 0.6 is 0 Å². The van der Waals surface area contributed by atoms with Gasteiger partial charge in [-0.3, -0.25) is 14.9 Å². The fourth-order valence-corrected chi connectivity index (χ4v) is 2.05. The maximum absolute atomic E-state index is 11.8. The van der Waals surface area contributed by atoms with Crippen LogP contribution in [-0.2, 0) is 17.6 Å². The molecule has 1 amide bonds. The van der Waals surface area contributed by atoms with E-state index in [1.165, 1.54) is 17.8 Å². The summed E-state index contributed by atoms with van der Waals surface area (Å²) >= 11 is 0. The number of aryl methyl sites for hydroxylation is 1. The molecule has 0 atom stereocenters. The zero-order valence-corrected chi connectivity index (χ0v) is 12.7. The van der Waals surface area contributed by atoms with E-state index in [0.29, 0.717) is 5.56 Å². The van der Waals surface area contributed by atoms with Crippen molar-refractivity contribution in [3.63, 3.8) is 0 Å². The Kier molecular flexibility index (Phi) is 5.57. The molecule has 0 spiro atoms. The van der Waals surface area contributed by atoms with Gasteiger partial charge in [-0.25, -0.2) is 5.43 Å². The van der Waals surface area contributed by atoms with Crippen molar-refractivity contribution in [3.05, 3.63) is 75.3 Å². The van der Waals surface area contributed by atoms with E-state index in [9.17, 15) is 14.9 Å². The molecule has 0 aliphatic carbocycles. The molecule has 0 fully saturated rings. The van der Waals surface area contributed by atoms with Crippen LogP contribution in [0.3, 0.4) is 0 Å². The van der Waals surface area contributed by atoms with E-state index in [0.717, 1.165) is 12.0 Å². The van der Waals surface area contributed by atoms with Gasteiger partial charge in [0.05, 0.1) is 23.1 Å². The molecule has 6 heteroatoms. The molecule has 2 aromatic carbocycles. The molecule has 2 aromatic rings. The van der Waals surface area contributed by atoms with Crippen LogP contribution in [0.2, 0.25) is 0 Å². The first kappa shape index (κ1) is 16.4. The first-order valence-electron chi connectivity index (χ1n) is 7.23. The molecular weight excluding hydrogens is 294 g/mol. The summed E-state index contributed by atoms with van der Waals surface area (Å²) in [5.74, 6) is -0.274. The number of rotatable bonds is 6. The number of benzene rings is 2. The van der Waals surface area contributed by atoms with Crippen molar-refractivity contribution in [2.45, 2.75) is 19.8 Å². The maximum Gasteiger partial charge on any atom is 0.278 e. The molecule has 0 bridgehead atoms. The van der Waals surface area contributed by atoms with Crippen LogP contribution in [-0.4, -0.2) is 17.0 Å². The fraction of sp³-hybridized carbons (Fsp3) is 0.176. The average Bonchev–Trinajstić information content (AvgIpc) is 2.56. The van der Waals surface area contributed by atoms with Gasteiger partial charge in [-0.2, -0.15) is 5.10 Å². The number of amides is 1. The Bertz CT molecular complexity index is 724. The summed E-state index contributed by atoms with van der Waals surface area (Å²) in [4.78, 5) is 22.2. The molecule has 1 N–H and O–H groups in total. The lowest BCUT2D eigenvalue weighted by Crippen LogP contribution is -2.19. The number of nitrogens with one attached hydrogen (secondary N) is 1. The summed E-state index contributed by atoms with van der Waals surface area (Å²) < 4.78 is 0. The summed E-state index contributed by atoms with van der Waals surface area (Å²) in [6.07, 6.45) is 2.43. The van der Waals surface area contributed by atoms with Crippen LogP contribution in [0, 0.1) is 10.1 Å². The summed E-state index contributed by atoms with van der Waals surface area (Å²) in [5, 5.41) is 14.7. The van der Waals surface area contributed by atoms with Gasteiger partial charge >= 0.3 is 0 Å². The fourth-order valence-electron chi connectivity index (χ4n) is 2.05. The second kappa shape index (κ2) is 7.84. The third-order valence-corrected chi connectivity index (χ3v) is 3.32. The normalized spacial score (nSPS) is 10.7. The number of nitro benzene ring substituents is 1. The van der Waals surface area contributed by atoms with Gasteiger partial charge in [0.15, 0.2) is 0 Å². The first-order chi connectivity index (χ1) is 11.1. The predicted molar refractivity (Wildman–Crippen MR) is 88.4 cm³/mol. The summed E-state index contributed by atoms with van der Waals surface area (Å²) in [7, 11) is 0. The van der Waals surface area contributed by atoms with Gasteiger partial charge in [-0.1, -0.05) is 43.3 Å². The van der Waals surface area contributed by atoms with Crippen LogP contribution in [0.15, 0.2) is 53.6 Å². The van der Waals surface area contributed by atoms with Crippen molar-refractivity contribution in [3.8, 4) is 0 Å². The van der Waals surface area contributed by atoms with E-state index >= 15 is 0 Å². The monoisotopic (exact) mass is 311 g/mol. The number of carbonyl (C=O) groups excluding carboxylic acids is 1.